The molecule has 0 unspecified atom stereocenters. The van der Waals surface area contributed by atoms with Gasteiger partial charge >= 0.3 is 0 Å². The average Bonchev–Trinajstić information content (AvgIpc) is 2.48. The van der Waals surface area contributed by atoms with E-state index in [1.807, 2.05) is 54.6 Å². The Morgan fingerprint density at radius 2 is 1.55 bits per heavy atom. The SMILES string of the molecule is Nc1cc(-c2ccccc2Cl)nc(-c2ccccc2)n1. The highest BCUT2D eigenvalue weighted by molar-refractivity contribution is 6.33. The largest absolute Gasteiger partial charge is 0.384 e. The molecule has 0 atom stereocenters. The lowest BCUT2D eigenvalue weighted by atomic mass is 10.1. The van der Waals surface area contributed by atoms with Gasteiger partial charge < -0.3 is 5.73 Å². The van der Waals surface area contributed by atoms with Crippen LogP contribution < -0.4 is 5.73 Å². The maximum Gasteiger partial charge on any atom is 0.162 e. The normalized spacial score (nSPS) is 10.4. The van der Waals surface area contributed by atoms with Crippen molar-refractivity contribution in [1.82, 2.24) is 9.97 Å². The first kappa shape index (κ1) is 12.6. The highest BCUT2D eigenvalue weighted by Crippen LogP contribution is 2.28. The van der Waals surface area contributed by atoms with E-state index in [0.717, 1.165) is 16.8 Å². The van der Waals surface area contributed by atoms with Gasteiger partial charge in [-0.2, -0.15) is 0 Å². The summed E-state index contributed by atoms with van der Waals surface area (Å²) in [6.45, 7) is 0. The van der Waals surface area contributed by atoms with Crippen LogP contribution in [0.1, 0.15) is 0 Å². The Morgan fingerprint density at radius 1 is 0.850 bits per heavy atom. The second-order valence-electron chi connectivity index (χ2n) is 4.35. The Hall–Kier alpha value is -2.39. The summed E-state index contributed by atoms with van der Waals surface area (Å²) in [6.07, 6.45) is 0. The number of hydrogen-bond acceptors (Lipinski definition) is 3. The number of hydrogen-bond donors (Lipinski definition) is 1. The topological polar surface area (TPSA) is 51.8 Å². The first-order chi connectivity index (χ1) is 9.74. The molecule has 0 aliphatic rings. The van der Waals surface area contributed by atoms with Gasteiger partial charge in [-0.15, -0.1) is 0 Å². The third-order valence-electron chi connectivity index (χ3n) is 2.93. The van der Waals surface area contributed by atoms with Crippen LogP contribution in [-0.4, -0.2) is 9.97 Å². The van der Waals surface area contributed by atoms with Gasteiger partial charge in [0.05, 0.1) is 5.69 Å². The maximum atomic E-state index is 6.21. The number of nitrogen functional groups attached to an aromatic ring is 1. The standard InChI is InChI=1S/C16H12ClN3/c17-13-9-5-4-8-12(13)14-10-15(18)20-16(19-14)11-6-2-1-3-7-11/h1-10H,(H2,18,19,20). The summed E-state index contributed by atoms with van der Waals surface area (Å²) in [5, 5.41) is 0.643. The Kier molecular flexibility index (Phi) is 3.35. The highest BCUT2D eigenvalue weighted by atomic mass is 35.5. The van der Waals surface area contributed by atoms with Gasteiger partial charge in [-0.05, 0) is 6.07 Å². The summed E-state index contributed by atoms with van der Waals surface area (Å²) in [5.41, 5.74) is 8.39. The number of benzene rings is 2. The summed E-state index contributed by atoms with van der Waals surface area (Å²) >= 11 is 6.21. The van der Waals surface area contributed by atoms with Crippen LogP contribution in [0.2, 0.25) is 5.02 Å². The average molecular weight is 282 g/mol. The van der Waals surface area contributed by atoms with Crippen LogP contribution in [0.5, 0.6) is 0 Å². The Bertz CT molecular complexity index is 742. The van der Waals surface area contributed by atoms with Gasteiger partial charge in [0.25, 0.3) is 0 Å². The molecule has 0 saturated carbocycles. The molecule has 0 radical (unpaired) electrons. The lowest BCUT2D eigenvalue weighted by Crippen LogP contribution is -1.98. The van der Waals surface area contributed by atoms with Crippen molar-refractivity contribution < 1.29 is 0 Å². The Balaban J connectivity index is 2.15. The van der Waals surface area contributed by atoms with E-state index in [2.05, 4.69) is 9.97 Å². The number of halogens is 1. The lowest BCUT2D eigenvalue weighted by Gasteiger charge is -2.07. The Morgan fingerprint density at radius 3 is 2.30 bits per heavy atom. The summed E-state index contributed by atoms with van der Waals surface area (Å²) in [6, 6.07) is 19.0. The van der Waals surface area contributed by atoms with Gasteiger partial charge in [-0.25, -0.2) is 9.97 Å². The molecule has 3 aromatic rings. The van der Waals surface area contributed by atoms with Crippen LogP contribution in [-0.2, 0) is 0 Å². The van der Waals surface area contributed by atoms with Crippen molar-refractivity contribution in [2.45, 2.75) is 0 Å². The second kappa shape index (κ2) is 5.31. The molecular formula is C16H12ClN3. The monoisotopic (exact) mass is 281 g/mol. The van der Waals surface area contributed by atoms with Crippen LogP contribution in [0.25, 0.3) is 22.6 Å². The molecule has 0 saturated heterocycles. The molecule has 2 N–H and O–H groups in total. The van der Waals surface area contributed by atoms with Crippen molar-refractivity contribution in [2.75, 3.05) is 5.73 Å². The van der Waals surface area contributed by atoms with Gasteiger partial charge in [0, 0.05) is 22.2 Å². The minimum Gasteiger partial charge on any atom is -0.384 e. The van der Waals surface area contributed by atoms with E-state index in [1.165, 1.54) is 0 Å². The van der Waals surface area contributed by atoms with E-state index in [9.17, 15) is 0 Å². The molecule has 0 aliphatic heterocycles. The van der Waals surface area contributed by atoms with Crippen LogP contribution in [0, 0.1) is 0 Å². The van der Waals surface area contributed by atoms with E-state index in [-0.39, 0.29) is 0 Å². The summed E-state index contributed by atoms with van der Waals surface area (Å²) in [7, 11) is 0. The van der Waals surface area contributed by atoms with Gasteiger partial charge in [-0.1, -0.05) is 60.1 Å². The lowest BCUT2D eigenvalue weighted by molar-refractivity contribution is 1.19. The molecule has 0 aliphatic carbocycles. The third-order valence-corrected chi connectivity index (χ3v) is 3.26. The molecule has 4 heteroatoms. The minimum atomic E-state index is 0.425. The van der Waals surface area contributed by atoms with Gasteiger partial charge in [0.1, 0.15) is 5.82 Å². The van der Waals surface area contributed by atoms with Crippen LogP contribution in [0.3, 0.4) is 0 Å². The number of nitrogens with zero attached hydrogens (tertiary/aromatic N) is 2. The fourth-order valence-corrected chi connectivity index (χ4v) is 2.22. The van der Waals surface area contributed by atoms with Crippen molar-refractivity contribution in [3.8, 4) is 22.6 Å². The number of rotatable bonds is 2. The maximum absolute atomic E-state index is 6.21. The number of nitrogens with two attached hydrogens (primary N) is 1. The first-order valence-electron chi connectivity index (χ1n) is 6.19. The molecule has 98 valence electrons. The van der Waals surface area contributed by atoms with E-state index >= 15 is 0 Å². The van der Waals surface area contributed by atoms with E-state index in [0.29, 0.717) is 16.7 Å². The van der Waals surface area contributed by atoms with Crippen LogP contribution in [0.15, 0.2) is 60.7 Å². The molecule has 3 nitrogen and oxygen atoms in total. The third kappa shape index (κ3) is 2.49. The smallest absolute Gasteiger partial charge is 0.162 e. The van der Waals surface area contributed by atoms with Crippen LogP contribution >= 0.6 is 11.6 Å². The fraction of sp³-hybridized carbons (Fsp3) is 0. The van der Waals surface area contributed by atoms with Gasteiger partial charge in [0.2, 0.25) is 0 Å². The fourth-order valence-electron chi connectivity index (χ4n) is 1.99. The molecule has 0 fully saturated rings. The summed E-state index contributed by atoms with van der Waals surface area (Å²) in [4.78, 5) is 8.84. The van der Waals surface area contributed by atoms with Crippen molar-refractivity contribution in [1.29, 1.82) is 0 Å². The van der Waals surface area contributed by atoms with Gasteiger partial charge in [0.15, 0.2) is 5.82 Å². The molecule has 0 amide bonds. The van der Waals surface area contributed by atoms with Crippen molar-refractivity contribution in [2.24, 2.45) is 0 Å². The number of anilines is 1. The van der Waals surface area contributed by atoms with E-state index in [4.69, 9.17) is 17.3 Å². The minimum absolute atomic E-state index is 0.425. The Labute approximate surface area is 122 Å². The predicted molar refractivity (Wildman–Crippen MR) is 82.3 cm³/mol. The molecule has 0 spiro atoms. The molecule has 20 heavy (non-hydrogen) atoms. The first-order valence-corrected chi connectivity index (χ1v) is 6.57. The molecule has 0 bridgehead atoms. The quantitative estimate of drug-likeness (QED) is 0.771. The van der Waals surface area contributed by atoms with Crippen LogP contribution in [0.4, 0.5) is 5.82 Å². The number of aromatic nitrogens is 2. The van der Waals surface area contributed by atoms with E-state index < -0.39 is 0 Å². The molecule has 1 heterocycles. The molecule has 3 rings (SSSR count). The zero-order chi connectivity index (χ0) is 13.9. The molecular weight excluding hydrogens is 270 g/mol. The summed E-state index contributed by atoms with van der Waals surface area (Å²) in [5.74, 6) is 1.02. The summed E-state index contributed by atoms with van der Waals surface area (Å²) < 4.78 is 0. The van der Waals surface area contributed by atoms with Gasteiger partial charge in [-0.3, -0.25) is 0 Å². The highest BCUT2D eigenvalue weighted by Gasteiger charge is 2.09. The second-order valence-corrected chi connectivity index (χ2v) is 4.75. The van der Waals surface area contributed by atoms with Crippen molar-refractivity contribution in [3.05, 3.63) is 65.7 Å². The zero-order valence-corrected chi connectivity index (χ0v) is 11.4. The molecule has 1 aromatic heterocycles. The zero-order valence-electron chi connectivity index (χ0n) is 10.6. The predicted octanol–water partition coefficient (Wildman–Crippen LogP) is 4.05. The molecule has 2 aromatic carbocycles. The van der Waals surface area contributed by atoms with E-state index in [1.54, 1.807) is 6.07 Å². The van der Waals surface area contributed by atoms with Crippen molar-refractivity contribution in [3.63, 3.8) is 0 Å². The van der Waals surface area contributed by atoms with Crippen molar-refractivity contribution >= 4 is 17.4 Å².